The smallest absolute Gasteiger partial charge is 0.123 e. The van der Waals surface area contributed by atoms with Gasteiger partial charge in [0, 0.05) is 0 Å². The van der Waals surface area contributed by atoms with Gasteiger partial charge >= 0.3 is 0 Å². The molecule has 0 N–H and O–H groups in total. The largest absolute Gasteiger partial charge is 0.291 e. The summed E-state index contributed by atoms with van der Waals surface area (Å²) in [6.07, 6.45) is 0.349. The van der Waals surface area contributed by atoms with E-state index in [0.29, 0.717) is 6.42 Å². The van der Waals surface area contributed by atoms with Gasteiger partial charge in [-0.05, 0) is 32.1 Å². The Bertz CT molecular complexity index is 449. The molecule has 0 heterocycles. The summed E-state index contributed by atoms with van der Waals surface area (Å²) < 4.78 is 0. The van der Waals surface area contributed by atoms with E-state index in [4.69, 9.17) is 10.5 Å². The average molecular weight is 213 g/mol. The highest BCUT2D eigenvalue weighted by atomic mass is 15.1. The van der Waals surface area contributed by atoms with E-state index in [2.05, 4.69) is 12.1 Å². The van der Waals surface area contributed by atoms with Crippen molar-refractivity contribution >= 4 is 0 Å². The van der Waals surface area contributed by atoms with Crippen molar-refractivity contribution in [3.05, 3.63) is 34.9 Å². The molecule has 3 nitrogen and oxygen atoms in total. The van der Waals surface area contributed by atoms with Crippen molar-refractivity contribution in [2.45, 2.75) is 19.4 Å². The Kier molecular flexibility index (Phi) is 4.05. The van der Waals surface area contributed by atoms with Gasteiger partial charge in [0.15, 0.2) is 0 Å². The van der Waals surface area contributed by atoms with Crippen LogP contribution < -0.4 is 0 Å². The summed E-state index contributed by atoms with van der Waals surface area (Å²) in [4.78, 5) is 1.86. The second kappa shape index (κ2) is 5.30. The molecule has 0 saturated heterocycles. The fraction of sp³-hybridized carbons (Fsp3) is 0.385. The fourth-order valence-electron chi connectivity index (χ4n) is 1.68. The minimum Gasteiger partial charge on any atom is -0.291 e. The second-order valence-electron chi connectivity index (χ2n) is 4.03. The molecule has 0 aromatic heterocycles. The Morgan fingerprint density at radius 2 is 2.00 bits per heavy atom. The van der Waals surface area contributed by atoms with Crippen molar-refractivity contribution in [1.29, 1.82) is 10.5 Å². The zero-order valence-corrected chi connectivity index (χ0v) is 9.86. The zero-order valence-electron chi connectivity index (χ0n) is 9.86. The monoisotopic (exact) mass is 213 g/mol. The number of aryl methyl sites for hydroxylation is 1. The molecule has 1 aromatic carbocycles. The summed E-state index contributed by atoms with van der Waals surface area (Å²) in [6.45, 7) is 1.99. The van der Waals surface area contributed by atoms with Gasteiger partial charge in [-0.3, -0.25) is 4.90 Å². The molecule has 1 aromatic rings. The van der Waals surface area contributed by atoms with Gasteiger partial charge in [-0.1, -0.05) is 23.8 Å². The molecule has 0 amide bonds. The summed E-state index contributed by atoms with van der Waals surface area (Å²) in [6, 6.07) is 10.00. The molecular weight excluding hydrogens is 198 g/mol. The molecular formula is C13H15N3. The molecule has 0 aliphatic heterocycles. The predicted octanol–water partition coefficient (Wildman–Crippen LogP) is 2.19. The Balaban J connectivity index is 3.24. The maximum atomic E-state index is 9.16. The van der Waals surface area contributed by atoms with Crippen LogP contribution in [0.15, 0.2) is 18.2 Å². The molecule has 3 heteroatoms. The number of nitriles is 2. The minimum absolute atomic E-state index is 0.289. The quantitative estimate of drug-likeness (QED) is 0.773. The van der Waals surface area contributed by atoms with Crippen LogP contribution in [0.25, 0.3) is 0 Å². The standard InChI is InChI=1S/C13H15N3/c1-10-4-5-11(6-7-14)12(8-10)13(9-15)16(2)3/h4-5,8,13H,6H2,1-3H3. The number of hydrogen-bond donors (Lipinski definition) is 0. The molecule has 0 aliphatic carbocycles. The predicted molar refractivity (Wildman–Crippen MR) is 62.5 cm³/mol. The number of hydrogen-bond acceptors (Lipinski definition) is 3. The lowest BCUT2D eigenvalue weighted by Gasteiger charge is -2.20. The second-order valence-corrected chi connectivity index (χ2v) is 4.03. The first kappa shape index (κ1) is 12.2. The maximum Gasteiger partial charge on any atom is 0.123 e. The van der Waals surface area contributed by atoms with Crippen molar-refractivity contribution in [2.75, 3.05) is 14.1 Å². The third-order valence-electron chi connectivity index (χ3n) is 2.50. The van der Waals surface area contributed by atoms with E-state index in [1.54, 1.807) is 0 Å². The van der Waals surface area contributed by atoms with E-state index < -0.39 is 0 Å². The van der Waals surface area contributed by atoms with Crippen LogP contribution in [0.1, 0.15) is 22.7 Å². The topological polar surface area (TPSA) is 50.8 Å². The van der Waals surface area contributed by atoms with Crippen LogP contribution in [0.2, 0.25) is 0 Å². The Morgan fingerprint density at radius 1 is 1.31 bits per heavy atom. The Morgan fingerprint density at radius 3 is 2.50 bits per heavy atom. The van der Waals surface area contributed by atoms with Gasteiger partial charge in [0.1, 0.15) is 6.04 Å². The van der Waals surface area contributed by atoms with Gasteiger partial charge in [-0.2, -0.15) is 10.5 Å². The first-order chi connectivity index (χ1) is 7.60. The lowest BCUT2D eigenvalue weighted by Crippen LogP contribution is -2.19. The average Bonchev–Trinajstić information content (AvgIpc) is 2.22. The molecule has 0 bridgehead atoms. The van der Waals surface area contributed by atoms with Crippen LogP contribution in [-0.2, 0) is 6.42 Å². The molecule has 0 saturated carbocycles. The van der Waals surface area contributed by atoms with E-state index in [1.165, 1.54) is 0 Å². The van der Waals surface area contributed by atoms with Crippen LogP contribution in [0.5, 0.6) is 0 Å². The lowest BCUT2D eigenvalue weighted by molar-refractivity contribution is 0.357. The molecule has 82 valence electrons. The fourth-order valence-corrected chi connectivity index (χ4v) is 1.68. The van der Waals surface area contributed by atoms with E-state index in [-0.39, 0.29) is 6.04 Å². The third-order valence-corrected chi connectivity index (χ3v) is 2.50. The van der Waals surface area contributed by atoms with Gasteiger partial charge in [-0.15, -0.1) is 0 Å². The van der Waals surface area contributed by atoms with Crippen molar-refractivity contribution in [3.63, 3.8) is 0 Å². The number of rotatable bonds is 3. The van der Waals surface area contributed by atoms with Gasteiger partial charge in [0.2, 0.25) is 0 Å². The number of benzene rings is 1. The molecule has 1 atom stereocenters. The van der Waals surface area contributed by atoms with Gasteiger partial charge < -0.3 is 0 Å². The molecule has 0 spiro atoms. The highest BCUT2D eigenvalue weighted by molar-refractivity contribution is 5.38. The summed E-state index contributed by atoms with van der Waals surface area (Å²) in [7, 11) is 3.73. The third kappa shape index (κ3) is 2.59. The zero-order chi connectivity index (χ0) is 12.1. The maximum absolute atomic E-state index is 9.16. The SMILES string of the molecule is Cc1ccc(CC#N)c(C(C#N)N(C)C)c1. The molecule has 1 unspecified atom stereocenters. The Hall–Kier alpha value is -1.84. The van der Waals surface area contributed by atoms with Crippen molar-refractivity contribution in [2.24, 2.45) is 0 Å². The molecule has 0 aliphatic rings. The normalized spacial score (nSPS) is 11.9. The van der Waals surface area contributed by atoms with Crippen LogP contribution in [0, 0.1) is 29.6 Å². The van der Waals surface area contributed by atoms with Crippen LogP contribution in [-0.4, -0.2) is 19.0 Å². The van der Waals surface area contributed by atoms with Crippen molar-refractivity contribution in [3.8, 4) is 12.1 Å². The van der Waals surface area contributed by atoms with Crippen molar-refractivity contribution in [1.82, 2.24) is 4.90 Å². The van der Waals surface area contributed by atoms with Gasteiger partial charge in [0.05, 0.1) is 18.6 Å². The highest BCUT2D eigenvalue weighted by Gasteiger charge is 2.16. The minimum atomic E-state index is -0.289. The lowest BCUT2D eigenvalue weighted by atomic mass is 9.96. The van der Waals surface area contributed by atoms with Crippen LogP contribution in [0.3, 0.4) is 0 Å². The summed E-state index contributed by atoms with van der Waals surface area (Å²) in [5.74, 6) is 0. The summed E-state index contributed by atoms with van der Waals surface area (Å²) >= 11 is 0. The Labute approximate surface area is 96.5 Å². The van der Waals surface area contributed by atoms with E-state index in [1.807, 2.05) is 44.1 Å². The van der Waals surface area contributed by atoms with Crippen molar-refractivity contribution < 1.29 is 0 Å². The van der Waals surface area contributed by atoms with Gasteiger partial charge in [0.25, 0.3) is 0 Å². The van der Waals surface area contributed by atoms with E-state index >= 15 is 0 Å². The first-order valence-electron chi connectivity index (χ1n) is 5.12. The molecule has 0 radical (unpaired) electrons. The van der Waals surface area contributed by atoms with Crippen LogP contribution in [0.4, 0.5) is 0 Å². The number of nitrogens with zero attached hydrogens (tertiary/aromatic N) is 3. The van der Waals surface area contributed by atoms with E-state index in [9.17, 15) is 0 Å². The molecule has 16 heavy (non-hydrogen) atoms. The van der Waals surface area contributed by atoms with Gasteiger partial charge in [-0.25, -0.2) is 0 Å². The van der Waals surface area contributed by atoms with E-state index in [0.717, 1.165) is 16.7 Å². The van der Waals surface area contributed by atoms with Crippen LogP contribution >= 0.6 is 0 Å². The summed E-state index contributed by atoms with van der Waals surface area (Å²) in [5.41, 5.74) is 2.99. The molecule has 0 fully saturated rings. The molecule has 1 rings (SSSR count). The highest BCUT2D eigenvalue weighted by Crippen LogP contribution is 2.23. The first-order valence-corrected chi connectivity index (χ1v) is 5.12. The summed E-state index contributed by atoms with van der Waals surface area (Å²) in [5, 5.41) is 17.9.